The SMILES string of the molecule is CCO[PH](=O)CCc1ccc(Nc2ncc(C(F)(F)F)c(Cl)n2)cc1. The molecule has 10 heteroatoms. The molecule has 25 heavy (non-hydrogen) atoms. The summed E-state index contributed by atoms with van der Waals surface area (Å²) in [5.74, 6) is -0.0350. The lowest BCUT2D eigenvalue weighted by Gasteiger charge is -2.10. The lowest BCUT2D eigenvalue weighted by atomic mass is 10.1. The van der Waals surface area contributed by atoms with Crippen LogP contribution in [0.1, 0.15) is 18.1 Å². The van der Waals surface area contributed by atoms with Gasteiger partial charge in [0.2, 0.25) is 5.95 Å². The quantitative estimate of drug-likeness (QED) is 0.533. The van der Waals surface area contributed by atoms with Crippen molar-refractivity contribution in [1.82, 2.24) is 9.97 Å². The maximum absolute atomic E-state index is 12.6. The lowest BCUT2D eigenvalue weighted by molar-refractivity contribution is -0.137. The van der Waals surface area contributed by atoms with Gasteiger partial charge in [-0.05, 0) is 31.0 Å². The fraction of sp³-hybridized carbons (Fsp3) is 0.333. The van der Waals surface area contributed by atoms with Gasteiger partial charge in [0.1, 0.15) is 10.7 Å². The van der Waals surface area contributed by atoms with E-state index in [1.807, 2.05) is 12.1 Å². The number of nitrogens with zero attached hydrogens (tertiary/aromatic N) is 2. The van der Waals surface area contributed by atoms with Crippen LogP contribution in [0.2, 0.25) is 5.15 Å². The number of aryl methyl sites for hydroxylation is 1. The summed E-state index contributed by atoms with van der Waals surface area (Å²) < 4.78 is 54.4. The molecule has 0 spiro atoms. The normalized spacial score (nSPS) is 12.8. The third kappa shape index (κ3) is 5.99. The largest absolute Gasteiger partial charge is 0.420 e. The van der Waals surface area contributed by atoms with Crippen LogP contribution in [-0.2, 0) is 21.7 Å². The Morgan fingerprint density at radius 3 is 2.52 bits per heavy atom. The maximum Gasteiger partial charge on any atom is 0.420 e. The van der Waals surface area contributed by atoms with Gasteiger partial charge in [-0.1, -0.05) is 23.7 Å². The van der Waals surface area contributed by atoms with Crippen LogP contribution < -0.4 is 5.32 Å². The van der Waals surface area contributed by atoms with E-state index in [-0.39, 0.29) is 5.95 Å². The first-order chi connectivity index (χ1) is 11.8. The van der Waals surface area contributed by atoms with E-state index in [0.29, 0.717) is 31.1 Å². The fourth-order valence-corrected chi connectivity index (χ4v) is 3.17. The van der Waals surface area contributed by atoms with Gasteiger partial charge in [-0.2, -0.15) is 13.2 Å². The number of anilines is 2. The van der Waals surface area contributed by atoms with Crippen molar-refractivity contribution >= 4 is 31.3 Å². The maximum atomic E-state index is 12.6. The molecule has 0 bridgehead atoms. The van der Waals surface area contributed by atoms with Gasteiger partial charge in [-0.25, -0.2) is 9.97 Å². The molecule has 0 radical (unpaired) electrons. The van der Waals surface area contributed by atoms with Gasteiger partial charge in [0.05, 0.1) is 6.61 Å². The Morgan fingerprint density at radius 1 is 1.28 bits per heavy atom. The highest BCUT2D eigenvalue weighted by Gasteiger charge is 2.34. The highest BCUT2D eigenvalue weighted by atomic mass is 35.5. The van der Waals surface area contributed by atoms with Crippen molar-refractivity contribution in [2.75, 3.05) is 18.1 Å². The molecule has 2 aromatic rings. The molecule has 0 saturated carbocycles. The Hall–Kier alpha value is -1.63. The van der Waals surface area contributed by atoms with Gasteiger partial charge in [0.15, 0.2) is 8.03 Å². The van der Waals surface area contributed by atoms with E-state index in [1.54, 1.807) is 19.1 Å². The Bertz CT molecular complexity index is 742. The molecule has 2 rings (SSSR count). The minimum Gasteiger partial charge on any atom is -0.331 e. The number of alkyl halides is 3. The Kier molecular flexibility index (Phi) is 6.81. The van der Waals surface area contributed by atoms with Crippen LogP contribution in [0.5, 0.6) is 0 Å². The zero-order valence-electron chi connectivity index (χ0n) is 13.2. The highest BCUT2D eigenvalue weighted by Crippen LogP contribution is 2.33. The van der Waals surface area contributed by atoms with Gasteiger partial charge in [0, 0.05) is 18.0 Å². The molecule has 0 amide bonds. The number of aromatic nitrogens is 2. The van der Waals surface area contributed by atoms with E-state index < -0.39 is 24.9 Å². The third-order valence-corrected chi connectivity index (χ3v) is 4.74. The van der Waals surface area contributed by atoms with E-state index in [1.165, 1.54) is 0 Å². The number of nitrogens with one attached hydrogen (secondary N) is 1. The summed E-state index contributed by atoms with van der Waals surface area (Å²) in [5.41, 5.74) is 0.478. The topological polar surface area (TPSA) is 64.1 Å². The Balaban J connectivity index is 1.99. The van der Waals surface area contributed by atoms with Crippen LogP contribution in [0.25, 0.3) is 0 Å². The molecule has 1 unspecified atom stereocenters. The molecule has 5 nitrogen and oxygen atoms in total. The predicted octanol–water partition coefficient (Wildman–Crippen LogP) is 4.95. The first kappa shape index (κ1) is 19.7. The Morgan fingerprint density at radius 2 is 1.96 bits per heavy atom. The molecular weight excluding hydrogens is 378 g/mol. The molecule has 136 valence electrons. The van der Waals surface area contributed by atoms with Crippen molar-refractivity contribution in [1.29, 1.82) is 0 Å². The molecule has 0 aliphatic carbocycles. The Labute approximate surface area is 148 Å². The van der Waals surface area contributed by atoms with Gasteiger partial charge >= 0.3 is 6.18 Å². The van der Waals surface area contributed by atoms with Crippen LogP contribution in [0.15, 0.2) is 30.5 Å². The zero-order valence-corrected chi connectivity index (χ0v) is 15.0. The molecule has 0 saturated heterocycles. The van der Waals surface area contributed by atoms with Crippen molar-refractivity contribution in [3.8, 4) is 0 Å². The summed E-state index contributed by atoms with van der Waals surface area (Å²) >= 11 is 5.55. The third-order valence-electron chi connectivity index (χ3n) is 3.18. The average Bonchev–Trinajstić information content (AvgIpc) is 2.53. The van der Waals surface area contributed by atoms with Gasteiger partial charge in [-0.15, -0.1) is 0 Å². The second kappa shape index (κ2) is 8.65. The number of hydrogen-bond donors (Lipinski definition) is 1. The van der Waals surface area contributed by atoms with E-state index >= 15 is 0 Å². The molecule has 1 N–H and O–H groups in total. The van der Waals surface area contributed by atoms with Crippen LogP contribution in [-0.4, -0.2) is 22.7 Å². The van der Waals surface area contributed by atoms with Crippen molar-refractivity contribution in [3.63, 3.8) is 0 Å². The average molecular weight is 394 g/mol. The second-order valence-electron chi connectivity index (χ2n) is 5.02. The molecule has 1 aromatic carbocycles. The minimum absolute atomic E-state index is 0.0350. The van der Waals surface area contributed by atoms with Crippen molar-refractivity contribution in [2.45, 2.75) is 19.5 Å². The first-order valence-electron chi connectivity index (χ1n) is 7.41. The van der Waals surface area contributed by atoms with Crippen LogP contribution >= 0.6 is 19.6 Å². The summed E-state index contributed by atoms with van der Waals surface area (Å²) in [6.45, 7) is 2.22. The number of rotatable bonds is 7. The fourth-order valence-electron chi connectivity index (χ4n) is 1.97. The zero-order chi connectivity index (χ0) is 18.4. The number of halogens is 4. The number of benzene rings is 1. The standard InChI is InChI=1S/C15H16ClF3N3O2P/c1-2-24-25(23)8-7-10-3-5-11(6-4-10)21-14-20-9-12(13(16)22-14)15(17,18)19/h3-6,9,25H,2,7-8H2,1H3,(H,20,21,22). The molecule has 0 aliphatic rings. The minimum atomic E-state index is -4.60. The molecule has 1 aromatic heterocycles. The molecule has 1 heterocycles. The molecular formula is C15H16ClF3N3O2P. The molecule has 1 atom stereocenters. The van der Waals surface area contributed by atoms with E-state index in [0.717, 1.165) is 5.56 Å². The smallest absolute Gasteiger partial charge is 0.331 e. The van der Waals surface area contributed by atoms with E-state index in [2.05, 4.69) is 15.3 Å². The highest BCUT2D eigenvalue weighted by molar-refractivity contribution is 7.39. The van der Waals surface area contributed by atoms with Crippen molar-refractivity contribution in [2.24, 2.45) is 0 Å². The summed E-state index contributed by atoms with van der Waals surface area (Å²) in [6.07, 6.45) is -2.89. The predicted molar refractivity (Wildman–Crippen MR) is 91.0 cm³/mol. The molecule has 0 fully saturated rings. The lowest BCUT2D eigenvalue weighted by Crippen LogP contribution is -2.09. The van der Waals surface area contributed by atoms with Crippen LogP contribution in [0, 0.1) is 0 Å². The van der Waals surface area contributed by atoms with E-state index in [9.17, 15) is 17.7 Å². The first-order valence-corrected chi connectivity index (χ1v) is 9.31. The molecule has 0 aliphatic heterocycles. The number of hydrogen-bond acceptors (Lipinski definition) is 5. The summed E-state index contributed by atoms with van der Waals surface area (Å²) in [6, 6.07) is 7.08. The van der Waals surface area contributed by atoms with Crippen LogP contribution in [0.4, 0.5) is 24.8 Å². The summed E-state index contributed by atoms with van der Waals surface area (Å²) in [7, 11) is -2.01. The monoisotopic (exact) mass is 393 g/mol. The van der Waals surface area contributed by atoms with Crippen LogP contribution in [0.3, 0.4) is 0 Å². The van der Waals surface area contributed by atoms with Gasteiger partial charge in [0.25, 0.3) is 0 Å². The van der Waals surface area contributed by atoms with Gasteiger partial charge in [-0.3, -0.25) is 4.57 Å². The van der Waals surface area contributed by atoms with Crippen molar-refractivity contribution in [3.05, 3.63) is 46.7 Å². The van der Waals surface area contributed by atoms with Crippen molar-refractivity contribution < 1.29 is 22.3 Å². The summed E-state index contributed by atoms with van der Waals surface area (Å²) in [4.78, 5) is 7.23. The summed E-state index contributed by atoms with van der Waals surface area (Å²) in [5, 5.41) is 2.12. The van der Waals surface area contributed by atoms with Gasteiger partial charge < -0.3 is 9.84 Å². The van der Waals surface area contributed by atoms with E-state index in [4.69, 9.17) is 16.1 Å². The second-order valence-corrected chi connectivity index (χ2v) is 6.91.